The first-order chi connectivity index (χ1) is 9.11. The van der Waals surface area contributed by atoms with Gasteiger partial charge < -0.3 is 10.4 Å². The quantitative estimate of drug-likeness (QED) is 0.890. The number of benzene rings is 1. The summed E-state index contributed by atoms with van der Waals surface area (Å²) in [6, 6.07) is 5.87. The van der Waals surface area contributed by atoms with E-state index in [1.54, 1.807) is 25.1 Å². The number of amides is 1. The van der Waals surface area contributed by atoms with Crippen molar-refractivity contribution in [3.8, 4) is 0 Å². The van der Waals surface area contributed by atoms with Gasteiger partial charge in [-0.25, -0.2) is 4.39 Å². The molecule has 1 heterocycles. The van der Waals surface area contributed by atoms with Crippen molar-refractivity contribution in [3.63, 3.8) is 0 Å². The number of aryl methyl sites for hydroxylation is 1. The maximum Gasteiger partial charge on any atom is 0.255 e. The molecule has 19 heavy (non-hydrogen) atoms. The Labute approximate surface area is 109 Å². The van der Waals surface area contributed by atoms with Gasteiger partial charge in [-0.05, 0) is 30.7 Å². The zero-order valence-corrected chi connectivity index (χ0v) is 10.4. The Balaban J connectivity index is 2.23. The summed E-state index contributed by atoms with van der Waals surface area (Å²) < 4.78 is 13.4. The summed E-state index contributed by atoms with van der Waals surface area (Å²) in [7, 11) is 0. The summed E-state index contributed by atoms with van der Waals surface area (Å²) in [6.07, 6.45) is 2.96. The van der Waals surface area contributed by atoms with Crippen molar-refractivity contribution in [1.29, 1.82) is 0 Å². The largest absolute Gasteiger partial charge is 0.392 e. The smallest absolute Gasteiger partial charge is 0.255 e. The first-order valence-corrected chi connectivity index (χ1v) is 5.73. The average molecular weight is 260 g/mol. The van der Waals surface area contributed by atoms with Crippen LogP contribution in [0.3, 0.4) is 0 Å². The average Bonchev–Trinajstić information content (AvgIpc) is 2.42. The summed E-state index contributed by atoms with van der Waals surface area (Å²) >= 11 is 0. The third-order valence-electron chi connectivity index (χ3n) is 2.76. The number of hydrogen-bond donors (Lipinski definition) is 2. The van der Waals surface area contributed by atoms with Crippen LogP contribution in [0.5, 0.6) is 0 Å². The normalized spacial score (nSPS) is 10.3. The molecule has 2 rings (SSSR count). The molecular formula is C14H13FN2O2. The number of nitrogens with one attached hydrogen (secondary N) is 1. The van der Waals surface area contributed by atoms with Gasteiger partial charge in [-0.15, -0.1) is 0 Å². The highest BCUT2D eigenvalue weighted by molar-refractivity contribution is 6.04. The summed E-state index contributed by atoms with van der Waals surface area (Å²) in [5, 5.41) is 11.7. The molecule has 0 aliphatic carbocycles. The molecule has 0 bridgehead atoms. The number of rotatable bonds is 3. The molecule has 0 saturated heterocycles. The summed E-state index contributed by atoms with van der Waals surface area (Å²) in [4.78, 5) is 15.8. The third kappa shape index (κ3) is 2.95. The molecule has 0 aliphatic heterocycles. The Bertz CT molecular complexity index is 614. The number of aromatic nitrogens is 1. The van der Waals surface area contributed by atoms with E-state index < -0.39 is 11.7 Å². The second-order valence-corrected chi connectivity index (χ2v) is 4.11. The molecule has 2 aromatic rings. The molecule has 0 unspecified atom stereocenters. The molecule has 98 valence electrons. The molecule has 0 saturated carbocycles. The lowest BCUT2D eigenvalue weighted by molar-refractivity contribution is 0.102. The van der Waals surface area contributed by atoms with Gasteiger partial charge in [-0.2, -0.15) is 0 Å². The first kappa shape index (κ1) is 13.2. The first-order valence-electron chi connectivity index (χ1n) is 5.73. The van der Waals surface area contributed by atoms with E-state index >= 15 is 0 Å². The molecule has 0 aliphatic rings. The number of anilines is 1. The van der Waals surface area contributed by atoms with Crippen molar-refractivity contribution in [2.24, 2.45) is 0 Å². The minimum atomic E-state index is -0.443. The van der Waals surface area contributed by atoms with Crippen LogP contribution < -0.4 is 5.32 Å². The number of nitrogens with zero attached hydrogens (tertiary/aromatic N) is 1. The highest BCUT2D eigenvalue weighted by atomic mass is 19.1. The summed E-state index contributed by atoms with van der Waals surface area (Å²) in [6.45, 7) is 1.42. The number of aliphatic hydroxyl groups excluding tert-OH is 1. The molecule has 4 nitrogen and oxygen atoms in total. The number of aliphatic hydroxyl groups is 1. The molecule has 0 atom stereocenters. The van der Waals surface area contributed by atoms with E-state index in [2.05, 4.69) is 10.3 Å². The summed E-state index contributed by atoms with van der Waals surface area (Å²) in [5.74, 6) is -0.872. The zero-order chi connectivity index (χ0) is 13.8. The van der Waals surface area contributed by atoms with Crippen LogP contribution in [-0.4, -0.2) is 16.0 Å². The van der Waals surface area contributed by atoms with E-state index in [1.807, 2.05) is 0 Å². The van der Waals surface area contributed by atoms with Crippen LogP contribution in [0.25, 0.3) is 0 Å². The fraction of sp³-hybridized carbons (Fsp3) is 0.143. The Morgan fingerprint density at radius 3 is 2.89 bits per heavy atom. The van der Waals surface area contributed by atoms with Crippen LogP contribution in [0.15, 0.2) is 36.7 Å². The maximum absolute atomic E-state index is 13.4. The van der Waals surface area contributed by atoms with Gasteiger partial charge in [0.2, 0.25) is 0 Å². The maximum atomic E-state index is 13.4. The van der Waals surface area contributed by atoms with Crippen LogP contribution >= 0.6 is 0 Å². The Kier molecular flexibility index (Phi) is 3.87. The Hall–Kier alpha value is -2.27. The van der Waals surface area contributed by atoms with Crippen molar-refractivity contribution in [1.82, 2.24) is 4.98 Å². The van der Waals surface area contributed by atoms with E-state index in [9.17, 15) is 9.18 Å². The minimum Gasteiger partial charge on any atom is -0.392 e. The van der Waals surface area contributed by atoms with Gasteiger partial charge in [0.15, 0.2) is 0 Å². The topological polar surface area (TPSA) is 62.2 Å². The van der Waals surface area contributed by atoms with Crippen molar-refractivity contribution < 1.29 is 14.3 Å². The van der Waals surface area contributed by atoms with E-state index in [0.29, 0.717) is 16.8 Å². The van der Waals surface area contributed by atoms with E-state index in [4.69, 9.17) is 5.11 Å². The lowest BCUT2D eigenvalue weighted by atomic mass is 10.1. The van der Waals surface area contributed by atoms with E-state index in [1.165, 1.54) is 18.5 Å². The van der Waals surface area contributed by atoms with Crippen LogP contribution in [-0.2, 0) is 6.61 Å². The lowest BCUT2D eigenvalue weighted by Crippen LogP contribution is -2.14. The van der Waals surface area contributed by atoms with Gasteiger partial charge in [-0.1, -0.05) is 6.07 Å². The van der Waals surface area contributed by atoms with Gasteiger partial charge in [0.25, 0.3) is 5.91 Å². The zero-order valence-electron chi connectivity index (χ0n) is 10.4. The highest BCUT2D eigenvalue weighted by Gasteiger charge is 2.10. The van der Waals surface area contributed by atoms with E-state index in [-0.39, 0.29) is 12.2 Å². The minimum absolute atomic E-state index is 0.208. The van der Waals surface area contributed by atoms with Gasteiger partial charge in [0.1, 0.15) is 5.82 Å². The van der Waals surface area contributed by atoms with Crippen molar-refractivity contribution in [2.75, 3.05) is 5.32 Å². The number of pyridine rings is 1. The monoisotopic (exact) mass is 260 g/mol. The number of carbonyl (C=O) groups excluding carboxylic acids is 1. The van der Waals surface area contributed by atoms with Crippen LogP contribution in [0, 0.1) is 12.7 Å². The molecule has 0 radical (unpaired) electrons. The molecule has 1 aromatic heterocycles. The van der Waals surface area contributed by atoms with Gasteiger partial charge in [0.05, 0.1) is 18.5 Å². The molecule has 0 fully saturated rings. The van der Waals surface area contributed by atoms with Crippen LogP contribution in [0.4, 0.5) is 10.1 Å². The predicted octanol–water partition coefficient (Wildman–Crippen LogP) is 2.27. The van der Waals surface area contributed by atoms with Gasteiger partial charge >= 0.3 is 0 Å². The highest BCUT2D eigenvalue weighted by Crippen LogP contribution is 2.16. The second-order valence-electron chi connectivity index (χ2n) is 4.11. The SMILES string of the molecule is Cc1ccc(C(=O)Nc2cnccc2CO)cc1F. The lowest BCUT2D eigenvalue weighted by Gasteiger charge is -2.09. The molecule has 1 amide bonds. The Morgan fingerprint density at radius 1 is 1.42 bits per heavy atom. The predicted molar refractivity (Wildman–Crippen MR) is 69.3 cm³/mol. The third-order valence-corrected chi connectivity index (χ3v) is 2.76. The van der Waals surface area contributed by atoms with Gasteiger partial charge in [-0.3, -0.25) is 9.78 Å². The second kappa shape index (κ2) is 5.58. The molecule has 2 N–H and O–H groups in total. The standard InChI is InChI=1S/C14H13FN2O2/c1-9-2-3-10(6-12(9)15)14(19)17-13-7-16-5-4-11(13)8-18/h2-7,18H,8H2,1H3,(H,17,19). The Morgan fingerprint density at radius 2 is 2.21 bits per heavy atom. The molecule has 0 spiro atoms. The fourth-order valence-electron chi connectivity index (χ4n) is 1.60. The number of hydrogen-bond acceptors (Lipinski definition) is 3. The van der Waals surface area contributed by atoms with Crippen LogP contribution in [0.2, 0.25) is 0 Å². The molecular weight excluding hydrogens is 247 g/mol. The van der Waals surface area contributed by atoms with E-state index in [0.717, 1.165) is 0 Å². The molecule has 5 heteroatoms. The van der Waals surface area contributed by atoms with Gasteiger partial charge in [0, 0.05) is 17.3 Å². The van der Waals surface area contributed by atoms with Crippen molar-refractivity contribution in [2.45, 2.75) is 13.5 Å². The van der Waals surface area contributed by atoms with Crippen LogP contribution in [0.1, 0.15) is 21.5 Å². The van der Waals surface area contributed by atoms with Crippen molar-refractivity contribution >= 4 is 11.6 Å². The number of halogens is 1. The van der Waals surface area contributed by atoms with Crippen molar-refractivity contribution in [3.05, 3.63) is 59.2 Å². The summed E-state index contributed by atoms with van der Waals surface area (Å²) in [5.41, 5.74) is 1.66. The number of carbonyl (C=O) groups is 1. The fourth-order valence-corrected chi connectivity index (χ4v) is 1.60. The molecule has 1 aromatic carbocycles.